The van der Waals surface area contributed by atoms with Crippen LogP contribution in [-0.4, -0.2) is 44.7 Å². The highest BCUT2D eigenvalue weighted by Gasteiger charge is 2.12. The van der Waals surface area contributed by atoms with Crippen molar-refractivity contribution in [1.29, 1.82) is 0 Å². The fourth-order valence-electron chi connectivity index (χ4n) is 2.11. The van der Waals surface area contributed by atoms with E-state index in [2.05, 4.69) is 9.97 Å². The Balaban J connectivity index is 1.90. The van der Waals surface area contributed by atoms with Crippen LogP contribution in [0.2, 0.25) is 0 Å². The van der Waals surface area contributed by atoms with Gasteiger partial charge < -0.3 is 10.0 Å². The van der Waals surface area contributed by atoms with Crippen LogP contribution in [0.25, 0.3) is 0 Å². The summed E-state index contributed by atoms with van der Waals surface area (Å²) < 4.78 is 0. The number of amides is 1. The molecule has 2 aromatic rings. The van der Waals surface area contributed by atoms with Crippen molar-refractivity contribution in [3.05, 3.63) is 52.8 Å². The molecule has 0 bridgehead atoms. The molecule has 0 aliphatic heterocycles. The van der Waals surface area contributed by atoms with E-state index in [-0.39, 0.29) is 17.2 Å². The first-order valence-electron chi connectivity index (χ1n) is 7.36. The van der Waals surface area contributed by atoms with E-state index >= 15 is 0 Å². The molecular formula is C17H19N3O3S. The summed E-state index contributed by atoms with van der Waals surface area (Å²) in [6.45, 7) is 4.22. The van der Waals surface area contributed by atoms with E-state index in [4.69, 9.17) is 5.11 Å². The summed E-state index contributed by atoms with van der Waals surface area (Å²) in [5, 5.41) is 9.48. The molecule has 1 heterocycles. The standard InChI is InChI=1S/C17H19N3O3S/c1-11-8-12(2)19-17(18-11)24-10-15(21)20(3)9-13-4-6-14(7-5-13)16(22)23/h4-8H,9-10H2,1-3H3,(H,22,23). The van der Waals surface area contributed by atoms with Gasteiger partial charge in [0, 0.05) is 25.0 Å². The second-order valence-corrected chi connectivity index (χ2v) is 6.42. The first-order chi connectivity index (χ1) is 11.3. The van der Waals surface area contributed by atoms with Crippen LogP contribution >= 0.6 is 11.8 Å². The molecule has 0 spiro atoms. The molecular weight excluding hydrogens is 326 g/mol. The van der Waals surface area contributed by atoms with Gasteiger partial charge in [0.2, 0.25) is 5.91 Å². The molecule has 0 saturated carbocycles. The zero-order chi connectivity index (χ0) is 17.7. The highest BCUT2D eigenvalue weighted by Crippen LogP contribution is 2.15. The summed E-state index contributed by atoms with van der Waals surface area (Å²) in [5.41, 5.74) is 2.87. The third-order valence-corrected chi connectivity index (χ3v) is 4.16. The zero-order valence-electron chi connectivity index (χ0n) is 13.8. The normalized spacial score (nSPS) is 10.5. The van der Waals surface area contributed by atoms with Crippen LogP contribution < -0.4 is 0 Å². The Labute approximate surface area is 144 Å². The third kappa shape index (κ3) is 5.06. The molecule has 0 aliphatic carbocycles. The lowest BCUT2D eigenvalue weighted by Crippen LogP contribution is -2.27. The van der Waals surface area contributed by atoms with Crippen molar-refractivity contribution in [3.63, 3.8) is 0 Å². The van der Waals surface area contributed by atoms with E-state index in [0.29, 0.717) is 11.7 Å². The fraction of sp³-hybridized carbons (Fsp3) is 0.294. The van der Waals surface area contributed by atoms with Crippen LogP contribution in [0.4, 0.5) is 0 Å². The fourth-order valence-corrected chi connectivity index (χ4v) is 3.00. The average molecular weight is 345 g/mol. The van der Waals surface area contributed by atoms with Gasteiger partial charge in [-0.3, -0.25) is 4.79 Å². The second kappa shape index (κ2) is 7.92. The number of benzene rings is 1. The van der Waals surface area contributed by atoms with Crippen LogP contribution in [0.5, 0.6) is 0 Å². The van der Waals surface area contributed by atoms with E-state index in [1.165, 1.54) is 23.9 Å². The van der Waals surface area contributed by atoms with Crippen LogP contribution in [0.3, 0.4) is 0 Å². The molecule has 2 rings (SSSR count). The predicted octanol–water partition coefficient (Wildman–Crippen LogP) is 2.54. The van der Waals surface area contributed by atoms with Gasteiger partial charge in [0.25, 0.3) is 0 Å². The van der Waals surface area contributed by atoms with Crippen molar-refractivity contribution < 1.29 is 14.7 Å². The summed E-state index contributed by atoms with van der Waals surface area (Å²) in [6.07, 6.45) is 0. The SMILES string of the molecule is Cc1cc(C)nc(SCC(=O)N(C)Cc2ccc(C(=O)O)cc2)n1. The first kappa shape index (κ1) is 17.9. The van der Waals surface area contributed by atoms with E-state index in [1.54, 1.807) is 24.1 Å². The molecule has 0 aliphatic rings. The van der Waals surface area contributed by atoms with E-state index in [9.17, 15) is 9.59 Å². The van der Waals surface area contributed by atoms with E-state index < -0.39 is 5.97 Å². The van der Waals surface area contributed by atoms with Crippen molar-refractivity contribution in [2.45, 2.75) is 25.5 Å². The second-order valence-electron chi connectivity index (χ2n) is 5.47. The lowest BCUT2D eigenvalue weighted by atomic mass is 10.1. The number of hydrogen-bond acceptors (Lipinski definition) is 5. The number of carboxylic acids is 1. The van der Waals surface area contributed by atoms with Gasteiger partial charge in [-0.15, -0.1) is 0 Å². The molecule has 1 N–H and O–H groups in total. The number of aryl methyl sites for hydroxylation is 2. The minimum Gasteiger partial charge on any atom is -0.478 e. The number of rotatable bonds is 6. The average Bonchev–Trinajstić information content (AvgIpc) is 2.52. The summed E-state index contributed by atoms with van der Waals surface area (Å²) in [6, 6.07) is 8.39. The zero-order valence-corrected chi connectivity index (χ0v) is 14.6. The molecule has 1 aromatic carbocycles. The van der Waals surface area contributed by atoms with Crippen molar-refractivity contribution >= 4 is 23.6 Å². The molecule has 1 aromatic heterocycles. The monoisotopic (exact) mass is 345 g/mol. The Morgan fingerprint density at radius 3 is 2.25 bits per heavy atom. The molecule has 1 amide bonds. The number of carbonyl (C=O) groups is 2. The largest absolute Gasteiger partial charge is 0.478 e. The van der Waals surface area contributed by atoms with Crippen LogP contribution in [0.1, 0.15) is 27.3 Å². The number of thioether (sulfide) groups is 1. The maximum Gasteiger partial charge on any atom is 0.335 e. The highest BCUT2D eigenvalue weighted by molar-refractivity contribution is 7.99. The van der Waals surface area contributed by atoms with Crippen molar-refractivity contribution in [2.75, 3.05) is 12.8 Å². The summed E-state index contributed by atoms with van der Waals surface area (Å²) >= 11 is 1.31. The summed E-state index contributed by atoms with van der Waals surface area (Å²) in [7, 11) is 1.72. The van der Waals surface area contributed by atoms with Gasteiger partial charge in [0.05, 0.1) is 11.3 Å². The van der Waals surface area contributed by atoms with Crippen molar-refractivity contribution in [1.82, 2.24) is 14.9 Å². The number of hydrogen-bond donors (Lipinski definition) is 1. The molecule has 0 unspecified atom stereocenters. The van der Waals surface area contributed by atoms with Crippen LogP contribution in [0, 0.1) is 13.8 Å². The predicted molar refractivity (Wildman–Crippen MR) is 92.1 cm³/mol. The van der Waals surface area contributed by atoms with Crippen molar-refractivity contribution in [2.24, 2.45) is 0 Å². The van der Waals surface area contributed by atoms with Gasteiger partial charge in [0.1, 0.15) is 0 Å². The molecule has 24 heavy (non-hydrogen) atoms. The summed E-state index contributed by atoms with van der Waals surface area (Å²) in [5.74, 6) is -0.743. The molecule has 0 fully saturated rings. The number of nitrogens with zero attached hydrogens (tertiary/aromatic N) is 3. The number of aromatic nitrogens is 2. The Bertz CT molecular complexity index is 727. The molecule has 0 atom stereocenters. The molecule has 7 heteroatoms. The Morgan fingerprint density at radius 2 is 1.71 bits per heavy atom. The Kier molecular flexibility index (Phi) is 5.92. The molecule has 126 valence electrons. The van der Waals surface area contributed by atoms with Crippen LogP contribution in [-0.2, 0) is 11.3 Å². The summed E-state index contributed by atoms with van der Waals surface area (Å²) in [4.78, 5) is 33.3. The Hall–Kier alpha value is -2.41. The van der Waals surface area contributed by atoms with Crippen LogP contribution in [0.15, 0.2) is 35.5 Å². The Morgan fingerprint density at radius 1 is 1.12 bits per heavy atom. The van der Waals surface area contributed by atoms with Crippen molar-refractivity contribution in [3.8, 4) is 0 Å². The minimum absolute atomic E-state index is 0.0370. The van der Waals surface area contributed by atoms with Gasteiger partial charge in [-0.2, -0.15) is 0 Å². The number of carboxylic acid groups (broad SMARTS) is 1. The quantitative estimate of drug-likeness (QED) is 0.640. The lowest BCUT2D eigenvalue weighted by molar-refractivity contribution is -0.127. The maximum absolute atomic E-state index is 12.2. The third-order valence-electron chi connectivity index (χ3n) is 3.33. The van der Waals surface area contributed by atoms with Gasteiger partial charge >= 0.3 is 5.97 Å². The molecule has 0 radical (unpaired) electrons. The molecule has 0 saturated heterocycles. The van der Waals surface area contributed by atoms with Gasteiger partial charge in [-0.05, 0) is 37.6 Å². The maximum atomic E-state index is 12.2. The number of aromatic carboxylic acids is 1. The topological polar surface area (TPSA) is 83.4 Å². The molecule has 6 nitrogen and oxygen atoms in total. The van der Waals surface area contributed by atoms with E-state index in [0.717, 1.165) is 17.0 Å². The lowest BCUT2D eigenvalue weighted by Gasteiger charge is -2.17. The van der Waals surface area contributed by atoms with E-state index in [1.807, 2.05) is 19.9 Å². The first-order valence-corrected chi connectivity index (χ1v) is 8.35. The smallest absolute Gasteiger partial charge is 0.335 e. The minimum atomic E-state index is -0.962. The van der Waals surface area contributed by atoms with Gasteiger partial charge in [0.15, 0.2) is 5.16 Å². The highest BCUT2D eigenvalue weighted by atomic mass is 32.2. The number of carbonyl (C=O) groups excluding carboxylic acids is 1. The van der Waals surface area contributed by atoms with Gasteiger partial charge in [-0.25, -0.2) is 14.8 Å². The van der Waals surface area contributed by atoms with Gasteiger partial charge in [-0.1, -0.05) is 23.9 Å².